The van der Waals surface area contributed by atoms with Crippen LogP contribution >= 0.6 is 0 Å². The van der Waals surface area contributed by atoms with E-state index in [0.29, 0.717) is 25.8 Å². The van der Waals surface area contributed by atoms with Crippen LogP contribution in [-0.4, -0.2) is 72.0 Å². The van der Waals surface area contributed by atoms with Crippen LogP contribution in [0.3, 0.4) is 0 Å². The number of nitrogens with two attached hydrogens (primary N) is 4. The van der Waals surface area contributed by atoms with Crippen molar-refractivity contribution in [2.75, 3.05) is 13.1 Å². The Balaban J connectivity index is 3.00. The standard InChI is InChI=1S/C26H44N8O5/c1-16(2)21(34-22(35)18(28)11-6-7-13-27)24(37)32-19(12-8-14-31-26(29)30)23(36)33-20(25(38)39)15-17-9-4-3-5-10-17/h3-5,9-10,16,18-21H,6-8,11-15,27-28H2,1-2H3,(H,32,37)(H,33,36)(H,34,35)(H,38,39)(H4,29,30,31). The molecular weight excluding hydrogens is 504 g/mol. The molecule has 1 rings (SSSR count). The molecule has 218 valence electrons. The lowest BCUT2D eigenvalue weighted by Crippen LogP contribution is -2.58. The fraction of sp³-hybridized carbons (Fsp3) is 0.577. The number of amides is 3. The normalized spacial score (nSPS) is 14.0. The van der Waals surface area contributed by atoms with Crippen molar-refractivity contribution in [2.24, 2.45) is 33.8 Å². The molecule has 3 amide bonds. The summed E-state index contributed by atoms with van der Waals surface area (Å²) >= 11 is 0. The lowest BCUT2D eigenvalue weighted by Gasteiger charge is -2.27. The predicted octanol–water partition coefficient (Wildman–Crippen LogP) is -1.07. The minimum atomic E-state index is -1.22. The Hall–Kier alpha value is -3.71. The van der Waals surface area contributed by atoms with Gasteiger partial charge >= 0.3 is 5.97 Å². The molecular formula is C26H44N8O5. The lowest BCUT2D eigenvalue weighted by molar-refractivity contribution is -0.142. The van der Waals surface area contributed by atoms with Crippen LogP contribution in [0.2, 0.25) is 0 Å². The highest BCUT2D eigenvalue weighted by atomic mass is 16.4. The topological polar surface area (TPSA) is 241 Å². The first-order valence-electron chi connectivity index (χ1n) is 13.1. The maximum absolute atomic E-state index is 13.2. The van der Waals surface area contributed by atoms with Crippen LogP contribution in [-0.2, 0) is 25.6 Å². The number of aliphatic imine (C=N–C) groups is 1. The first kappa shape index (κ1) is 33.3. The summed E-state index contributed by atoms with van der Waals surface area (Å²) in [5.41, 5.74) is 22.9. The fourth-order valence-corrected chi connectivity index (χ4v) is 3.79. The number of hydrogen-bond donors (Lipinski definition) is 8. The molecule has 0 spiro atoms. The third-order valence-corrected chi connectivity index (χ3v) is 6.03. The summed E-state index contributed by atoms with van der Waals surface area (Å²) in [5, 5.41) is 17.6. The Bertz CT molecular complexity index is 953. The van der Waals surface area contributed by atoms with Gasteiger partial charge in [-0.15, -0.1) is 0 Å². The second kappa shape index (κ2) is 17.7. The van der Waals surface area contributed by atoms with Gasteiger partial charge in [0.1, 0.15) is 18.1 Å². The molecule has 4 atom stereocenters. The second-order valence-electron chi connectivity index (χ2n) is 9.72. The van der Waals surface area contributed by atoms with Crippen LogP contribution in [0.15, 0.2) is 35.3 Å². The van der Waals surface area contributed by atoms with Gasteiger partial charge in [0.25, 0.3) is 0 Å². The van der Waals surface area contributed by atoms with E-state index >= 15 is 0 Å². The maximum atomic E-state index is 13.2. The molecule has 0 saturated carbocycles. The summed E-state index contributed by atoms with van der Waals surface area (Å²) in [5.74, 6) is -3.40. The molecule has 13 nitrogen and oxygen atoms in total. The van der Waals surface area contributed by atoms with Crippen molar-refractivity contribution < 1.29 is 24.3 Å². The molecule has 0 aromatic heterocycles. The SMILES string of the molecule is CC(C)C(NC(=O)C(N)CCCCN)C(=O)NC(CCCN=C(N)N)C(=O)NC(Cc1ccccc1)C(=O)O. The van der Waals surface area contributed by atoms with E-state index in [1.165, 1.54) is 0 Å². The Morgan fingerprint density at radius 2 is 1.51 bits per heavy atom. The van der Waals surface area contributed by atoms with Crippen molar-refractivity contribution in [3.63, 3.8) is 0 Å². The zero-order valence-electron chi connectivity index (χ0n) is 22.8. The predicted molar refractivity (Wildman–Crippen MR) is 149 cm³/mol. The van der Waals surface area contributed by atoms with Gasteiger partial charge in [0, 0.05) is 13.0 Å². The van der Waals surface area contributed by atoms with Gasteiger partial charge in [0.2, 0.25) is 17.7 Å². The van der Waals surface area contributed by atoms with Crippen LogP contribution in [0.25, 0.3) is 0 Å². The number of nitrogens with one attached hydrogen (secondary N) is 3. The number of aliphatic carboxylic acids is 1. The molecule has 0 fully saturated rings. The van der Waals surface area contributed by atoms with Crippen molar-refractivity contribution in [2.45, 2.75) is 76.5 Å². The van der Waals surface area contributed by atoms with E-state index in [1.807, 2.05) is 0 Å². The smallest absolute Gasteiger partial charge is 0.326 e. The van der Waals surface area contributed by atoms with Gasteiger partial charge in [-0.05, 0) is 43.7 Å². The molecule has 1 aromatic rings. The van der Waals surface area contributed by atoms with Gasteiger partial charge in [-0.3, -0.25) is 19.4 Å². The molecule has 0 heterocycles. The third kappa shape index (κ3) is 13.1. The highest BCUT2D eigenvalue weighted by Gasteiger charge is 2.31. The molecule has 39 heavy (non-hydrogen) atoms. The van der Waals surface area contributed by atoms with E-state index < -0.39 is 47.9 Å². The first-order valence-corrected chi connectivity index (χ1v) is 13.1. The number of carboxylic acids is 1. The summed E-state index contributed by atoms with van der Waals surface area (Å²) in [6.07, 6.45) is 2.34. The van der Waals surface area contributed by atoms with E-state index in [0.717, 1.165) is 12.0 Å². The summed E-state index contributed by atoms with van der Waals surface area (Å²) in [7, 11) is 0. The van der Waals surface area contributed by atoms with Crippen LogP contribution in [0.5, 0.6) is 0 Å². The number of nitrogens with zero attached hydrogens (tertiary/aromatic N) is 1. The molecule has 12 N–H and O–H groups in total. The number of carboxylic acid groups (broad SMARTS) is 1. The Morgan fingerprint density at radius 3 is 2.08 bits per heavy atom. The van der Waals surface area contributed by atoms with E-state index in [9.17, 15) is 24.3 Å². The van der Waals surface area contributed by atoms with Crippen LogP contribution in [0, 0.1) is 5.92 Å². The first-order chi connectivity index (χ1) is 18.5. The van der Waals surface area contributed by atoms with Gasteiger partial charge in [-0.25, -0.2) is 4.79 Å². The van der Waals surface area contributed by atoms with Crippen LogP contribution in [0.1, 0.15) is 51.5 Å². The summed E-state index contributed by atoms with van der Waals surface area (Å²) in [6, 6.07) is 4.77. The molecule has 0 radical (unpaired) electrons. The van der Waals surface area contributed by atoms with Gasteiger partial charge in [-0.2, -0.15) is 0 Å². The number of rotatable bonds is 18. The average Bonchev–Trinajstić information content (AvgIpc) is 2.88. The summed E-state index contributed by atoms with van der Waals surface area (Å²) < 4.78 is 0. The number of carbonyl (C=O) groups excluding carboxylic acids is 3. The molecule has 13 heteroatoms. The van der Waals surface area contributed by atoms with Crippen LogP contribution < -0.4 is 38.9 Å². The monoisotopic (exact) mass is 548 g/mol. The Kier molecular flexibility index (Phi) is 15.2. The number of hydrogen-bond acceptors (Lipinski definition) is 7. The van der Waals surface area contributed by atoms with Crippen molar-refractivity contribution in [3.05, 3.63) is 35.9 Å². The minimum Gasteiger partial charge on any atom is -0.480 e. The van der Waals surface area contributed by atoms with Gasteiger partial charge in [-0.1, -0.05) is 50.6 Å². The quantitative estimate of drug-likeness (QED) is 0.0632. The van der Waals surface area contributed by atoms with E-state index in [4.69, 9.17) is 22.9 Å². The Labute approximate surface area is 229 Å². The van der Waals surface area contributed by atoms with Crippen molar-refractivity contribution in [3.8, 4) is 0 Å². The van der Waals surface area contributed by atoms with Gasteiger partial charge in [0.15, 0.2) is 5.96 Å². The molecule has 0 aliphatic rings. The number of guanidine groups is 1. The van der Waals surface area contributed by atoms with Gasteiger partial charge < -0.3 is 44.0 Å². The van der Waals surface area contributed by atoms with Crippen molar-refractivity contribution in [1.82, 2.24) is 16.0 Å². The zero-order valence-corrected chi connectivity index (χ0v) is 22.8. The zero-order chi connectivity index (χ0) is 29.4. The van der Waals surface area contributed by atoms with E-state index in [2.05, 4.69) is 20.9 Å². The molecule has 0 bridgehead atoms. The highest BCUT2D eigenvalue weighted by Crippen LogP contribution is 2.09. The Morgan fingerprint density at radius 1 is 0.872 bits per heavy atom. The molecule has 0 saturated heterocycles. The van der Waals surface area contributed by atoms with E-state index in [-0.39, 0.29) is 31.3 Å². The largest absolute Gasteiger partial charge is 0.480 e. The second-order valence-corrected chi connectivity index (χ2v) is 9.72. The van der Waals surface area contributed by atoms with Crippen LogP contribution in [0.4, 0.5) is 0 Å². The molecule has 4 unspecified atom stereocenters. The summed E-state index contributed by atoms with van der Waals surface area (Å²) in [4.78, 5) is 54.8. The van der Waals surface area contributed by atoms with Crippen molar-refractivity contribution in [1.29, 1.82) is 0 Å². The molecule has 0 aliphatic heterocycles. The lowest BCUT2D eigenvalue weighted by atomic mass is 10.0. The van der Waals surface area contributed by atoms with E-state index in [1.54, 1.807) is 44.2 Å². The number of benzene rings is 1. The number of unbranched alkanes of at least 4 members (excludes halogenated alkanes) is 1. The maximum Gasteiger partial charge on any atom is 0.326 e. The van der Waals surface area contributed by atoms with Crippen molar-refractivity contribution >= 4 is 29.7 Å². The fourth-order valence-electron chi connectivity index (χ4n) is 3.79. The minimum absolute atomic E-state index is 0.0588. The number of carbonyl (C=O) groups is 4. The molecule has 1 aromatic carbocycles. The molecule has 0 aliphatic carbocycles. The summed E-state index contributed by atoms with van der Waals surface area (Å²) in [6.45, 7) is 4.19. The van der Waals surface area contributed by atoms with Gasteiger partial charge in [0.05, 0.1) is 6.04 Å². The highest BCUT2D eigenvalue weighted by molar-refractivity contribution is 5.94. The third-order valence-electron chi connectivity index (χ3n) is 6.03. The average molecular weight is 549 g/mol.